The molecule has 0 aliphatic rings. The van der Waals surface area contributed by atoms with Crippen molar-refractivity contribution in [3.8, 4) is 0 Å². The van der Waals surface area contributed by atoms with E-state index in [1.54, 1.807) is 11.3 Å². The molecule has 0 saturated carbocycles. The normalized spacial score (nSPS) is 10.4. The molecule has 0 aliphatic heterocycles. The summed E-state index contributed by atoms with van der Waals surface area (Å²) in [6, 6.07) is 2.86. The molecule has 2 heterocycles. The molecule has 0 radical (unpaired) electrons. The van der Waals surface area contributed by atoms with Gasteiger partial charge in [-0.15, -0.1) is 11.3 Å². The number of anilines is 1. The first-order chi connectivity index (χ1) is 9.54. The maximum Gasteiger partial charge on any atom is 0.251 e. The van der Waals surface area contributed by atoms with Crippen LogP contribution in [0.4, 0.5) is 5.69 Å². The number of carbonyl (C=O) groups excluding carboxylic acids is 1. The van der Waals surface area contributed by atoms with E-state index in [9.17, 15) is 9.59 Å². The van der Waals surface area contributed by atoms with Crippen LogP contribution in [0.15, 0.2) is 28.5 Å². The summed E-state index contributed by atoms with van der Waals surface area (Å²) in [6.07, 6.45) is 2.15. The highest BCUT2D eigenvalue weighted by atomic mass is 32.1. The van der Waals surface area contributed by atoms with Crippen molar-refractivity contribution in [3.05, 3.63) is 44.8 Å². The smallest absolute Gasteiger partial charge is 0.251 e. The molecule has 2 aromatic rings. The topological polar surface area (TPSA) is 90.0 Å². The van der Waals surface area contributed by atoms with E-state index in [0.29, 0.717) is 18.7 Å². The van der Waals surface area contributed by atoms with E-state index >= 15 is 0 Å². The molecular formula is C13H16N4O2S. The van der Waals surface area contributed by atoms with Crippen molar-refractivity contribution in [2.75, 3.05) is 12.3 Å². The molecule has 0 atom stereocenters. The summed E-state index contributed by atoms with van der Waals surface area (Å²) in [5, 5.41) is 5.73. The lowest BCUT2D eigenvalue weighted by atomic mass is 10.4. The molecule has 0 spiro atoms. The third-order valence-corrected chi connectivity index (χ3v) is 3.67. The van der Waals surface area contributed by atoms with Gasteiger partial charge in [-0.25, -0.2) is 4.98 Å². The zero-order valence-corrected chi connectivity index (χ0v) is 11.9. The van der Waals surface area contributed by atoms with Gasteiger partial charge >= 0.3 is 0 Å². The SMILES string of the molecule is Cc1csc(CCNC(=O)Cn2cc(N)ccc2=O)n1. The molecule has 106 valence electrons. The molecule has 20 heavy (non-hydrogen) atoms. The zero-order valence-electron chi connectivity index (χ0n) is 11.1. The number of carbonyl (C=O) groups is 1. The van der Waals surface area contributed by atoms with E-state index in [1.807, 2.05) is 12.3 Å². The minimum absolute atomic E-state index is 0.0270. The summed E-state index contributed by atoms with van der Waals surface area (Å²) in [5.74, 6) is -0.217. The summed E-state index contributed by atoms with van der Waals surface area (Å²) < 4.78 is 1.29. The Morgan fingerprint density at radius 3 is 3.00 bits per heavy atom. The van der Waals surface area contributed by atoms with Crippen LogP contribution in [0, 0.1) is 6.92 Å². The van der Waals surface area contributed by atoms with Crippen molar-refractivity contribution in [1.82, 2.24) is 14.9 Å². The Balaban J connectivity index is 1.83. The number of nitrogen functional groups attached to an aromatic ring is 1. The van der Waals surface area contributed by atoms with Crippen LogP contribution in [0.25, 0.3) is 0 Å². The van der Waals surface area contributed by atoms with Crippen molar-refractivity contribution in [2.45, 2.75) is 19.9 Å². The molecule has 6 nitrogen and oxygen atoms in total. The van der Waals surface area contributed by atoms with Gasteiger partial charge in [0.15, 0.2) is 0 Å². The second-order valence-corrected chi connectivity index (χ2v) is 5.35. The highest BCUT2D eigenvalue weighted by Gasteiger charge is 2.05. The van der Waals surface area contributed by atoms with E-state index < -0.39 is 0 Å². The van der Waals surface area contributed by atoms with Crippen molar-refractivity contribution in [1.29, 1.82) is 0 Å². The van der Waals surface area contributed by atoms with Crippen molar-refractivity contribution >= 4 is 22.9 Å². The summed E-state index contributed by atoms with van der Waals surface area (Å²) in [5.41, 5.74) is 6.78. The van der Waals surface area contributed by atoms with Gasteiger partial charge in [-0.2, -0.15) is 0 Å². The van der Waals surface area contributed by atoms with Gasteiger partial charge in [-0.3, -0.25) is 9.59 Å². The third kappa shape index (κ3) is 3.92. The fourth-order valence-electron chi connectivity index (χ4n) is 1.71. The average Bonchev–Trinajstić information content (AvgIpc) is 2.80. The molecule has 1 amide bonds. The quantitative estimate of drug-likeness (QED) is 0.842. The van der Waals surface area contributed by atoms with Crippen LogP contribution in [0.3, 0.4) is 0 Å². The first kappa shape index (κ1) is 14.3. The maximum absolute atomic E-state index is 11.7. The Morgan fingerprint density at radius 1 is 1.50 bits per heavy atom. The standard InChI is InChI=1S/C13H16N4O2S/c1-9-8-20-12(16-9)4-5-15-11(18)7-17-6-10(14)2-3-13(17)19/h2-3,6,8H,4-5,7,14H2,1H3,(H,15,18). The maximum atomic E-state index is 11.7. The van der Waals surface area contributed by atoms with Gasteiger partial charge in [-0.1, -0.05) is 0 Å². The lowest BCUT2D eigenvalue weighted by Gasteiger charge is -2.07. The molecule has 0 bridgehead atoms. The first-order valence-corrected chi connectivity index (χ1v) is 7.06. The molecule has 0 fully saturated rings. The molecule has 3 N–H and O–H groups in total. The van der Waals surface area contributed by atoms with Gasteiger partial charge in [0.1, 0.15) is 6.54 Å². The summed E-state index contributed by atoms with van der Waals surface area (Å²) in [4.78, 5) is 27.6. The van der Waals surface area contributed by atoms with Crippen LogP contribution in [0.2, 0.25) is 0 Å². The van der Waals surface area contributed by atoms with Crippen LogP contribution < -0.4 is 16.6 Å². The van der Waals surface area contributed by atoms with Gasteiger partial charge in [0.05, 0.1) is 5.01 Å². The molecule has 0 aromatic carbocycles. The Morgan fingerprint density at radius 2 is 2.30 bits per heavy atom. The number of hydrogen-bond acceptors (Lipinski definition) is 5. The lowest BCUT2D eigenvalue weighted by molar-refractivity contribution is -0.121. The number of nitrogens with one attached hydrogen (secondary N) is 1. The average molecular weight is 292 g/mol. The number of aryl methyl sites for hydroxylation is 1. The largest absolute Gasteiger partial charge is 0.398 e. The second-order valence-electron chi connectivity index (χ2n) is 4.41. The monoisotopic (exact) mass is 292 g/mol. The van der Waals surface area contributed by atoms with Gasteiger partial charge in [0.2, 0.25) is 5.91 Å². The van der Waals surface area contributed by atoms with Crippen molar-refractivity contribution in [3.63, 3.8) is 0 Å². The lowest BCUT2D eigenvalue weighted by Crippen LogP contribution is -2.33. The Kier molecular flexibility index (Phi) is 4.52. The highest BCUT2D eigenvalue weighted by Crippen LogP contribution is 2.08. The predicted molar refractivity (Wildman–Crippen MR) is 78.7 cm³/mol. The van der Waals surface area contributed by atoms with Crippen LogP contribution in [-0.4, -0.2) is 22.0 Å². The van der Waals surface area contributed by atoms with E-state index in [1.165, 1.54) is 22.9 Å². The van der Waals surface area contributed by atoms with Gasteiger partial charge < -0.3 is 15.6 Å². The van der Waals surface area contributed by atoms with E-state index in [4.69, 9.17) is 5.73 Å². The number of rotatable bonds is 5. The first-order valence-electron chi connectivity index (χ1n) is 6.18. The number of thiazole rings is 1. The van der Waals surface area contributed by atoms with Crippen LogP contribution in [0.1, 0.15) is 10.7 Å². The van der Waals surface area contributed by atoms with E-state index in [2.05, 4.69) is 10.3 Å². The summed E-state index contributed by atoms with van der Waals surface area (Å²) in [6.45, 7) is 2.41. The molecule has 7 heteroatoms. The second kappa shape index (κ2) is 6.33. The third-order valence-electron chi connectivity index (χ3n) is 2.65. The molecule has 2 rings (SSSR count). The van der Waals surface area contributed by atoms with Crippen LogP contribution >= 0.6 is 11.3 Å². The number of nitrogens with two attached hydrogens (primary N) is 1. The Hall–Kier alpha value is -2.15. The molecule has 2 aromatic heterocycles. The van der Waals surface area contributed by atoms with Gasteiger partial charge in [0.25, 0.3) is 5.56 Å². The zero-order chi connectivity index (χ0) is 14.5. The number of pyridine rings is 1. The summed E-state index contributed by atoms with van der Waals surface area (Å²) >= 11 is 1.58. The fourth-order valence-corrected chi connectivity index (χ4v) is 2.49. The number of nitrogens with zero attached hydrogens (tertiary/aromatic N) is 2. The summed E-state index contributed by atoms with van der Waals surface area (Å²) in [7, 11) is 0. The Labute approximate surface area is 120 Å². The van der Waals surface area contributed by atoms with E-state index in [0.717, 1.165) is 10.7 Å². The van der Waals surface area contributed by atoms with Crippen molar-refractivity contribution < 1.29 is 4.79 Å². The number of aromatic nitrogens is 2. The molecule has 0 aliphatic carbocycles. The minimum Gasteiger partial charge on any atom is -0.398 e. The minimum atomic E-state index is -0.245. The van der Waals surface area contributed by atoms with Crippen molar-refractivity contribution in [2.24, 2.45) is 0 Å². The highest BCUT2D eigenvalue weighted by molar-refractivity contribution is 7.09. The van der Waals surface area contributed by atoms with Crippen LogP contribution in [-0.2, 0) is 17.8 Å². The van der Waals surface area contributed by atoms with Gasteiger partial charge in [-0.05, 0) is 13.0 Å². The van der Waals surface area contributed by atoms with Gasteiger partial charge in [0, 0.05) is 42.0 Å². The molecule has 0 saturated heterocycles. The predicted octanol–water partition coefficient (Wildman–Crippen LogP) is 0.554. The Bertz CT molecular complexity index is 662. The number of amides is 1. The fraction of sp³-hybridized carbons (Fsp3) is 0.308. The van der Waals surface area contributed by atoms with Crippen LogP contribution in [0.5, 0.6) is 0 Å². The number of hydrogen-bond donors (Lipinski definition) is 2. The molecule has 0 unspecified atom stereocenters. The van der Waals surface area contributed by atoms with E-state index in [-0.39, 0.29) is 18.0 Å². The molecular weight excluding hydrogens is 276 g/mol.